The second-order valence-electron chi connectivity index (χ2n) is 17.2. The highest BCUT2D eigenvalue weighted by Crippen LogP contribution is 2.87. The highest BCUT2D eigenvalue weighted by atomic mass is 16.6. The fourth-order valence-corrected chi connectivity index (χ4v) is 12.4. The number of amides is 1. The van der Waals surface area contributed by atoms with Gasteiger partial charge in [-0.05, 0) is 137 Å². The summed E-state index contributed by atoms with van der Waals surface area (Å²) in [6, 6.07) is 0.311. The SMILES string of the molecule is CC(=O)O[C@@H](C1CCC2C(CC3C4CCC5C(C)(C)[C@@H](OC(=O)NC6CCC6)CCC56C[C@@]46CCC23C)O1)C(C)(C)O. The van der Waals surface area contributed by atoms with Gasteiger partial charge in [-0.3, -0.25) is 4.79 Å². The van der Waals surface area contributed by atoms with Crippen molar-refractivity contribution in [3.05, 3.63) is 0 Å². The molecule has 8 unspecified atom stereocenters. The molecule has 2 spiro atoms. The molecule has 1 amide bonds. The van der Waals surface area contributed by atoms with Gasteiger partial charge in [0.1, 0.15) is 6.10 Å². The minimum atomic E-state index is -1.14. The molecule has 6 saturated carbocycles. The van der Waals surface area contributed by atoms with E-state index >= 15 is 0 Å². The van der Waals surface area contributed by atoms with Crippen molar-refractivity contribution in [2.45, 2.75) is 161 Å². The standard InChI is InChI=1S/C35H55NO6/c1-20(37)40-29(32(4,5)39)25-12-10-23-26(41-25)18-24-22-11-13-27-31(2,3)28(42-30(38)36-21-8-7-9-21)14-15-35(27)19-34(22,35)17-16-33(23,24)6/h21-29,39H,7-19H2,1-6H3,(H,36,38)/t22?,23?,24?,25?,26?,27?,28-,29-,33?,34-,35?/m0/s1. The average Bonchev–Trinajstić information content (AvgIpc) is 3.46. The molecule has 0 aromatic rings. The van der Waals surface area contributed by atoms with Gasteiger partial charge in [-0.15, -0.1) is 0 Å². The van der Waals surface area contributed by atoms with Gasteiger partial charge in [0.25, 0.3) is 0 Å². The second-order valence-corrected chi connectivity index (χ2v) is 17.2. The van der Waals surface area contributed by atoms with E-state index in [9.17, 15) is 14.7 Å². The average molecular weight is 586 g/mol. The smallest absolute Gasteiger partial charge is 0.407 e. The zero-order valence-electron chi connectivity index (χ0n) is 26.9. The number of esters is 1. The summed E-state index contributed by atoms with van der Waals surface area (Å²) in [4.78, 5) is 24.7. The monoisotopic (exact) mass is 585 g/mol. The summed E-state index contributed by atoms with van der Waals surface area (Å²) in [7, 11) is 0. The molecule has 7 rings (SSSR count). The zero-order chi connectivity index (χ0) is 29.9. The molecular weight excluding hydrogens is 530 g/mol. The molecule has 236 valence electrons. The molecule has 0 bridgehead atoms. The number of carbonyl (C=O) groups excluding carboxylic acids is 2. The third-order valence-electron chi connectivity index (χ3n) is 14.6. The van der Waals surface area contributed by atoms with E-state index in [0.29, 0.717) is 40.0 Å². The van der Waals surface area contributed by atoms with E-state index in [1.54, 1.807) is 13.8 Å². The van der Waals surface area contributed by atoms with Gasteiger partial charge in [-0.2, -0.15) is 0 Å². The number of fused-ring (bicyclic) bond motifs is 4. The number of alkyl carbamates (subject to hydrolysis) is 1. The number of hydrogen-bond acceptors (Lipinski definition) is 6. The number of rotatable bonds is 5. The van der Waals surface area contributed by atoms with Gasteiger partial charge in [-0.1, -0.05) is 20.8 Å². The summed E-state index contributed by atoms with van der Waals surface area (Å²) in [6.07, 6.45) is 14.1. The van der Waals surface area contributed by atoms with Gasteiger partial charge in [0.05, 0.1) is 17.8 Å². The van der Waals surface area contributed by atoms with Gasteiger partial charge in [0.2, 0.25) is 0 Å². The van der Waals surface area contributed by atoms with Crippen molar-refractivity contribution in [2.75, 3.05) is 0 Å². The van der Waals surface area contributed by atoms with E-state index in [-0.39, 0.29) is 35.8 Å². The lowest BCUT2D eigenvalue weighted by atomic mass is 9.46. The molecule has 7 fully saturated rings. The van der Waals surface area contributed by atoms with Gasteiger partial charge in [0, 0.05) is 18.4 Å². The van der Waals surface area contributed by atoms with Crippen LogP contribution in [0.3, 0.4) is 0 Å². The highest BCUT2D eigenvalue weighted by molar-refractivity contribution is 5.68. The van der Waals surface area contributed by atoms with E-state index in [2.05, 4.69) is 26.1 Å². The second kappa shape index (κ2) is 9.58. The molecular formula is C35H55NO6. The molecule has 7 heteroatoms. The number of ether oxygens (including phenoxy) is 3. The van der Waals surface area contributed by atoms with E-state index in [1.807, 2.05) is 0 Å². The Bertz CT molecular complexity index is 1110. The van der Waals surface area contributed by atoms with Crippen molar-refractivity contribution >= 4 is 12.1 Å². The summed E-state index contributed by atoms with van der Waals surface area (Å²) in [5.41, 5.74) is -0.00857. The van der Waals surface area contributed by atoms with Gasteiger partial charge >= 0.3 is 12.1 Å². The molecule has 0 radical (unpaired) electrons. The molecule has 6 aliphatic carbocycles. The van der Waals surface area contributed by atoms with Crippen LogP contribution >= 0.6 is 0 Å². The molecule has 11 atom stereocenters. The maximum atomic E-state index is 12.8. The Labute approximate surface area is 252 Å². The molecule has 7 nitrogen and oxygen atoms in total. The Morgan fingerprint density at radius 2 is 1.67 bits per heavy atom. The van der Waals surface area contributed by atoms with Gasteiger partial charge in [0.15, 0.2) is 6.10 Å². The molecule has 2 N–H and O–H groups in total. The van der Waals surface area contributed by atoms with Crippen molar-refractivity contribution in [2.24, 2.45) is 45.3 Å². The zero-order valence-corrected chi connectivity index (χ0v) is 26.9. The van der Waals surface area contributed by atoms with Crippen molar-refractivity contribution in [1.29, 1.82) is 0 Å². The number of hydrogen-bond donors (Lipinski definition) is 2. The number of aliphatic hydroxyl groups is 1. The molecule has 1 saturated heterocycles. The van der Waals surface area contributed by atoms with Crippen LogP contribution in [-0.2, 0) is 19.0 Å². The van der Waals surface area contributed by atoms with E-state index in [1.165, 1.54) is 51.9 Å². The van der Waals surface area contributed by atoms with Crippen LogP contribution in [0.1, 0.15) is 125 Å². The maximum absolute atomic E-state index is 12.8. The first kappa shape index (κ1) is 29.4. The van der Waals surface area contributed by atoms with Crippen molar-refractivity contribution in [3.8, 4) is 0 Å². The van der Waals surface area contributed by atoms with E-state index < -0.39 is 11.7 Å². The van der Waals surface area contributed by atoms with Crippen LogP contribution in [-0.4, -0.2) is 53.2 Å². The Hall–Kier alpha value is -1.34. The Balaban J connectivity index is 1.07. The predicted octanol–water partition coefficient (Wildman–Crippen LogP) is 6.54. The molecule has 42 heavy (non-hydrogen) atoms. The molecule has 1 heterocycles. The predicted molar refractivity (Wildman–Crippen MR) is 158 cm³/mol. The first-order valence-corrected chi connectivity index (χ1v) is 17.2. The Kier molecular flexibility index (Phi) is 6.70. The lowest BCUT2D eigenvalue weighted by Crippen LogP contribution is -2.56. The highest BCUT2D eigenvalue weighted by Gasteiger charge is 2.81. The fourth-order valence-electron chi connectivity index (χ4n) is 12.4. The molecule has 1 aliphatic heterocycles. The van der Waals surface area contributed by atoms with Crippen LogP contribution in [0, 0.1) is 45.3 Å². The third-order valence-corrected chi connectivity index (χ3v) is 14.6. The lowest BCUT2D eigenvalue weighted by Gasteiger charge is -2.59. The fraction of sp³-hybridized carbons (Fsp3) is 0.943. The van der Waals surface area contributed by atoms with E-state index in [4.69, 9.17) is 14.2 Å². The van der Waals surface area contributed by atoms with Gasteiger partial charge < -0.3 is 24.6 Å². The summed E-state index contributed by atoms with van der Waals surface area (Å²) in [6.45, 7) is 12.2. The number of carbonyl (C=O) groups is 2. The van der Waals surface area contributed by atoms with Crippen LogP contribution in [0.2, 0.25) is 0 Å². The summed E-state index contributed by atoms with van der Waals surface area (Å²) < 4.78 is 18.6. The quantitative estimate of drug-likeness (QED) is 0.356. The van der Waals surface area contributed by atoms with E-state index in [0.717, 1.165) is 44.4 Å². The Morgan fingerprint density at radius 3 is 2.33 bits per heavy atom. The van der Waals surface area contributed by atoms with Gasteiger partial charge in [-0.25, -0.2) is 4.79 Å². The summed E-state index contributed by atoms with van der Waals surface area (Å²) in [5, 5.41) is 14.0. The van der Waals surface area contributed by atoms with Crippen LogP contribution in [0.5, 0.6) is 0 Å². The maximum Gasteiger partial charge on any atom is 0.407 e. The molecule has 0 aromatic heterocycles. The van der Waals surface area contributed by atoms with Crippen LogP contribution < -0.4 is 5.32 Å². The van der Waals surface area contributed by atoms with Crippen LogP contribution in [0.25, 0.3) is 0 Å². The summed E-state index contributed by atoms with van der Waals surface area (Å²) >= 11 is 0. The largest absolute Gasteiger partial charge is 0.457 e. The van der Waals surface area contributed by atoms with Crippen molar-refractivity contribution in [1.82, 2.24) is 5.32 Å². The normalized spacial score (nSPS) is 47.7. The van der Waals surface area contributed by atoms with Crippen molar-refractivity contribution in [3.63, 3.8) is 0 Å². The topological polar surface area (TPSA) is 94.1 Å². The van der Waals surface area contributed by atoms with Crippen molar-refractivity contribution < 1.29 is 28.9 Å². The minimum Gasteiger partial charge on any atom is -0.457 e. The third kappa shape index (κ3) is 4.17. The minimum absolute atomic E-state index is 0.00289. The lowest BCUT2D eigenvalue weighted by molar-refractivity contribution is -0.200. The first-order valence-electron chi connectivity index (χ1n) is 17.2. The van der Waals surface area contributed by atoms with Crippen LogP contribution in [0.4, 0.5) is 4.79 Å². The first-order chi connectivity index (χ1) is 19.7. The molecule has 0 aromatic carbocycles. The number of nitrogens with one attached hydrogen (secondary N) is 1. The van der Waals surface area contributed by atoms with Crippen LogP contribution in [0.15, 0.2) is 0 Å². The summed E-state index contributed by atoms with van der Waals surface area (Å²) in [5.74, 6) is 2.20. The Morgan fingerprint density at radius 1 is 0.929 bits per heavy atom. The molecule has 7 aliphatic rings.